The zero-order chi connectivity index (χ0) is 10.8. The van der Waals surface area contributed by atoms with Crippen molar-refractivity contribution in [3.8, 4) is 11.5 Å². The SMILES string of the molecule is Cc1cc2c(cc1C(O)CCl)OCCO2. The predicted molar refractivity (Wildman–Crippen MR) is 57.8 cm³/mol. The smallest absolute Gasteiger partial charge is 0.161 e. The van der Waals surface area contributed by atoms with E-state index in [1.807, 2.05) is 13.0 Å². The van der Waals surface area contributed by atoms with Crippen LogP contribution in [0.4, 0.5) is 0 Å². The maximum Gasteiger partial charge on any atom is 0.161 e. The van der Waals surface area contributed by atoms with Crippen molar-refractivity contribution in [2.45, 2.75) is 13.0 Å². The first kappa shape index (κ1) is 10.6. The first-order valence-corrected chi connectivity index (χ1v) is 5.40. The van der Waals surface area contributed by atoms with Crippen molar-refractivity contribution >= 4 is 11.6 Å². The molecule has 1 N–H and O–H groups in total. The average Bonchev–Trinajstić information content (AvgIpc) is 2.27. The van der Waals surface area contributed by atoms with E-state index in [4.69, 9.17) is 21.1 Å². The lowest BCUT2D eigenvalue weighted by atomic mass is 10.0. The second-order valence-corrected chi connectivity index (χ2v) is 3.83. The van der Waals surface area contributed by atoms with E-state index >= 15 is 0 Å². The van der Waals surface area contributed by atoms with Crippen LogP contribution >= 0.6 is 11.6 Å². The molecular weight excluding hydrogens is 216 g/mol. The molecule has 3 nitrogen and oxygen atoms in total. The maximum atomic E-state index is 9.68. The van der Waals surface area contributed by atoms with Crippen LogP contribution in [-0.2, 0) is 0 Å². The molecule has 1 atom stereocenters. The molecule has 0 radical (unpaired) electrons. The standard InChI is InChI=1S/C11H13ClO3/c1-7-4-10-11(15-3-2-14-10)5-8(7)9(13)6-12/h4-5,9,13H,2-3,6H2,1H3. The third-order valence-corrected chi connectivity index (χ3v) is 2.73. The van der Waals surface area contributed by atoms with Gasteiger partial charge in [-0.3, -0.25) is 0 Å². The Kier molecular flexibility index (Phi) is 3.03. The van der Waals surface area contributed by atoms with Gasteiger partial charge in [0.1, 0.15) is 13.2 Å². The van der Waals surface area contributed by atoms with Crippen LogP contribution in [0.1, 0.15) is 17.2 Å². The van der Waals surface area contributed by atoms with Crippen molar-refractivity contribution < 1.29 is 14.6 Å². The van der Waals surface area contributed by atoms with E-state index in [0.29, 0.717) is 19.0 Å². The summed E-state index contributed by atoms with van der Waals surface area (Å²) in [4.78, 5) is 0. The molecule has 1 heterocycles. The van der Waals surface area contributed by atoms with Gasteiger partial charge >= 0.3 is 0 Å². The lowest BCUT2D eigenvalue weighted by Gasteiger charge is -2.21. The van der Waals surface area contributed by atoms with Crippen LogP contribution in [0.3, 0.4) is 0 Å². The first-order valence-electron chi connectivity index (χ1n) is 4.86. The Morgan fingerprint density at radius 1 is 1.33 bits per heavy atom. The molecule has 1 aromatic rings. The summed E-state index contributed by atoms with van der Waals surface area (Å²) in [6.45, 7) is 3.04. The number of aliphatic hydroxyl groups is 1. The van der Waals surface area contributed by atoms with Crippen LogP contribution in [0.15, 0.2) is 12.1 Å². The van der Waals surface area contributed by atoms with Gasteiger partial charge in [0, 0.05) is 0 Å². The molecule has 0 aromatic heterocycles. The van der Waals surface area contributed by atoms with E-state index < -0.39 is 6.10 Å². The van der Waals surface area contributed by atoms with Crippen molar-refractivity contribution in [3.05, 3.63) is 23.3 Å². The van der Waals surface area contributed by atoms with Gasteiger partial charge in [0.15, 0.2) is 11.5 Å². The molecule has 1 unspecified atom stereocenters. The monoisotopic (exact) mass is 228 g/mol. The molecule has 1 aromatic carbocycles. The number of ether oxygens (including phenoxy) is 2. The largest absolute Gasteiger partial charge is 0.486 e. The number of fused-ring (bicyclic) bond motifs is 1. The van der Waals surface area contributed by atoms with Gasteiger partial charge < -0.3 is 14.6 Å². The minimum Gasteiger partial charge on any atom is -0.486 e. The molecule has 15 heavy (non-hydrogen) atoms. The summed E-state index contributed by atoms with van der Waals surface area (Å²) in [5.41, 5.74) is 1.77. The van der Waals surface area contributed by atoms with E-state index in [9.17, 15) is 5.11 Å². The van der Waals surface area contributed by atoms with Crippen LogP contribution in [0.5, 0.6) is 11.5 Å². The van der Waals surface area contributed by atoms with Gasteiger partial charge in [-0.2, -0.15) is 0 Å². The van der Waals surface area contributed by atoms with Crippen molar-refractivity contribution in [1.82, 2.24) is 0 Å². The van der Waals surface area contributed by atoms with Gasteiger partial charge in [0.2, 0.25) is 0 Å². The third-order valence-electron chi connectivity index (χ3n) is 2.44. The molecule has 2 rings (SSSR count). The first-order chi connectivity index (χ1) is 7.22. The van der Waals surface area contributed by atoms with Crippen LogP contribution in [-0.4, -0.2) is 24.2 Å². The molecule has 4 heteroatoms. The van der Waals surface area contributed by atoms with E-state index in [-0.39, 0.29) is 5.88 Å². The van der Waals surface area contributed by atoms with E-state index in [1.54, 1.807) is 6.07 Å². The Balaban J connectivity index is 2.40. The Labute approximate surface area is 93.6 Å². The third kappa shape index (κ3) is 2.03. The zero-order valence-electron chi connectivity index (χ0n) is 8.50. The number of benzene rings is 1. The van der Waals surface area contributed by atoms with Crippen LogP contribution < -0.4 is 9.47 Å². The van der Waals surface area contributed by atoms with E-state index in [0.717, 1.165) is 16.9 Å². The molecule has 0 saturated carbocycles. The summed E-state index contributed by atoms with van der Waals surface area (Å²) in [5, 5.41) is 9.68. The highest BCUT2D eigenvalue weighted by molar-refractivity contribution is 6.18. The Morgan fingerprint density at radius 2 is 1.93 bits per heavy atom. The van der Waals surface area contributed by atoms with Crippen molar-refractivity contribution in [3.63, 3.8) is 0 Å². The van der Waals surface area contributed by atoms with E-state index in [2.05, 4.69) is 0 Å². The highest BCUT2D eigenvalue weighted by atomic mass is 35.5. The Bertz CT molecular complexity index is 365. The van der Waals surface area contributed by atoms with Gasteiger partial charge in [0.25, 0.3) is 0 Å². The Morgan fingerprint density at radius 3 is 2.53 bits per heavy atom. The summed E-state index contributed by atoms with van der Waals surface area (Å²) in [5.74, 6) is 1.61. The van der Waals surface area contributed by atoms with Crippen molar-refractivity contribution in [1.29, 1.82) is 0 Å². The number of alkyl halides is 1. The summed E-state index contributed by atoms with van der Waals surface area (Å²) in [6, 6.07) is 3.68. The zero-order valence-corrected chi connectivity index (χ0v) is 9.25. The number of halogens is 1. The minimum absolute atomic E-state index is 0.181. The molecular formula is C11H13ClO3. The molecule has 1 aliphatic rings. The fraction of sp³-hybridized carbons (Fsp3) is 0.455. The molecule has 1 aliphatic heterocycles. The lowest BCUT2D eigenvalue weighted by Crippen LogP contribution is -2.16. The molecule has 0 fully saturated rings. The van der Waals surface area contributed by atoms with Gasteiger partial charge in [-0.25, -0.2) is 0 Å². The number of hydrogen-bond donors (Lipinski definition) is 1. The van der Waals surface area contributed by atoms with Crippen LogP contribution in [0, 0.1) is 6.92 Å². The fourth-order valence-corrected chi connectivity index (χ4v) is 1.81. The van der Waals surface area contributed by atoms with Crippen molar-refractivity contribution in [2.24, 2.45) is 0 Å². The highest BCUT2D eigenvalue weighted by Crippen LogP contribution is 2.35. The minimum atomic E-state index is -0.650. The molecule has 0 aliphatic carbocycles. The average molecular weight is 229 g/mol. The van der Waals surface area contributed by atoms with Crippen LogP contribution in [0.2, 0.25) is 0 Å². The second-order valence-electron chi connectivity index (χ2n) is 3.52. The second kappa shape index (κ2) is 4.29. The quantitative estimate of drug-likeness (QED) is 0.788. The van der Waals surface area contributed by atoms with Gasteiger partial charge in [-0.1, -0.05) is 0 Å². The summed E-state index contributed by atoms with van der Waals surface area (Å²) in [7, 11) is 0. The van der Waals surface area contributed by atoms with Gasteiger partial charge in [0.05, 0.1) is 12.0 Å². The van der Waals surface area contributed by atoms with E-state index in [1.165, 1.54) is 0 Å². The molecule has 0 saturated heterocycles. The number of rotatable bonds is 2. The lowest BCUT2D eigenvalue weighted by molar-refractivity contribution is 0.168. The fourth-order valence-electron chi connectivity index (χ4n) is 1.65. The van der Waals surface area contributed by atoms with Crippen LogP contribution in [0.25, 0.3) is 0 Å². The summed E-state index contributed by atoms with van der Waals surface area (Å²) >= 11 is 5.62. The maximum absolute atomic E-state index is 9.68. The number of aliphatic hydroxyl groups excluding tert-OH is 1. The number of hydrogen-bond acceptors (Lipinski definition) is 3. The normalized spacial score (nSPS) is 16.2. The van der Waals surface area contributed by atoms with Crippen molar-refractivity contribution in [2.75, 3.05) is 19.1 Å². The topological polar surface area (TPSA) is 38.7 Å². The summed E-state index contributed by atoms with van der Waals surface area (Å²) < 4.78 is 10.9. The highest BCUT2D eigenvalue weighted by Gasteiger charge is 2.17. The molecule has 82 valence electrons. The molecule has 0 amide bonds. The molecule has 0 bridgehead atoms. The number of aryl methyl sites for hydroxylation is 1. The summed E-state index contributed by atoms with van der Waals surface area (Å²) in [6.07, 6.45) is -0.650. The molecule has 0 spiro atoms. The van der Waals surface area contributed by atoms with Gasteiger partial charge in [-0.15, -0.1) is 11.6 Å². The van der Waals surface area contributed by atoms with Gasteiger partial charge in [-0.05, 0) is 30.2 Å². The predicted octanol–water partition coefficient (Wildman–Crippen LogP) is 2.04. The Hall–Kier alpha value is -0.930.